The second kappa shape index (κ2) is 10.7. The molecule has 1 aliphatic carbocycles. The number of esters is 1. The number of ether oxygens (including phenoxy) is 2. The minimum Gasteiger partial charge on any atom is -0.460 e. The summed E-state index contributed by atoms with van der Waals surface area (Å²) in [6.45, 7) is 9.68. The maximum absolute atomic E-state index is 14.0. The van der Waals surface area contributed by atoms with Crippen molar-refractivity contribution in [2.24, 2.45) is 23.7 Å². The van der Waals surface area contributed by atoms with E-state index < -0.39 is 23.5 Å². The van der Waals surface area contributed by atoms with Crippen LogP contribution in [0.4, 0.5) is 4.79 Å². The number of rotatable bonds is 8. The topological polar surface area (TPSA) is 72.9 Å². The van der Waals surface area contributed by atoms with E-state index in [1.54, 1.807) is 0 Å². The van der Waals surface area contributed by atoms with Crippen LogP contribution in [-0.4, -0.2) is 41.1 Å². The Morgan fingerprint density at radius 1 is 1.09 bits per heavy atom. The van der Waals surface area contributed by atoms with Crippen LogP contribution in [0.25, 0.3) is 0 Å². The molecule has 33 heavy (non-hydrogen) atoms. The van der Waals surface area contributed by atoms with Crippen molar-refractivity contribution in [3.63, 3.8) is 0 Å². The monoisotopic (exact) mass is 457 g/mol. The van der Waals surface area contributed by atoms with Crippen molar-refractivity contribution >= 4 is 18.0 Å². The Labute approximate surface area is 198 Å². The van der Waals surface area contributed by atoms with Gasteiger partial charge in [0, 0.05) is 0 Å². The highest BCUT2D eigenvalue weighted by molar-refractivity contribution is 5.97. The Kier molecular flexibility index (Phi) is 8.19. The van der Waals surface area contributed by atoms with Crippen molar-refractivity contribution in [3.8, 4) is 0 Å². The zero-order valence-electron chi connectivity index (χ0n) is 20.7. The maximum Gasteiger partial charge on any atom is 0.416 e. The van der Waals surface area contributed by atoms with Crippen LogP contribution in [0.2, 0.25) is 0 Å². The number of carbonyl (C=O) groups excluding carboxylic acids is 3. The number of amides is 2. The first-order chi connectivity index (χ1) is 15.6. The molecule has 1 saturated carbocycles. The lowest BCUT2D eigenvalue weighted by molar-refractivity contribution is -0.166. The quantitative estimate of drug-likeness (QED) is 0.490. The van der Waals surface area contributed by atoms with Crippen LogP contribution in [0.1, 0.15) is 72.3 Å². The highest BCUT2D eigenvalue weighted by Crippen LogP contribution is 2.37. The summed E-state index contributed by atoms with van der Waals surface area (Å²) in [5, 5.41) is 0. The number of cyclic esters (lactones) is 1. The van der Waals surface area contributed by atoms with Crippen molar-refractivity contribution in [3.05, 3.63) is 35.9 Å². The number of imide groups is 1. The predicted molar refractivity (Wildman–Crippen MR) is 126 cm³/mol. The Morgan fingerprint density at radius 3 is 2.30 bits per heavy atom. The summed E-state index contributed by atoms with van der Waals surface area (Å²) < 4.78 is 11.1. The van der Waals surface area contributed by atoms with Crippen molar-refractivity contribution in [1.82, 2.24) is 4.90 Å². The predicted octanol–water partition coefficient (Wildman–Crippen LogP) is 5.39. The van der Waals surface area contributed by atoms with E-state index in [4.69, 9.17) is 9.47 Å². The Bertz CT molecular complexity index is 823. The molecule has 1 heterocycles. The first-order valence-corrected chi connectivity index (χ1v) is 12.3. The van der Waals surface area contributed by atoms with E-state index in [0.29, 0.717) is 18.8 Å². The van der Waals surface area contributed by atoms with E-state index in [9.17, 15) is 14.4 Å². The van der Waals surface area contributed by atoms with Crippen molar-refractivity contribution in [2.45, 2.75) is 84.8 Å². The van der Waals surface area contributed by atoms with Gasteiger partial charge in [0.1, 0.15) is 12.2 Å². The van der Waals surface area contributed by atoms with Crippen molar-refractivity contribution in [2.75, 3.05) is 6.61 Å². The van der Waals surface area contributed by atoms with Crippen LogP contribution < -0.4 is 0 Å². The highest BCUT2D eigenvalue weighted by atomic mass is 16.6. The number of hydrogen-bond acceptors (Lipinski definition) is 5. The molecule has 1 aromatic carbocycles. The van der Waals surface area contributed by atoms with Gasteiger partial charge in [0.25, 0.3) is 0 Å². The smallest absolute Gasteiger partial charge is 0.416 e. The zero-order valence-corrected chi connectivity index (χ0v) is 20.7. The SMILES string of the molecule is CC(C)[C@H]1COC(=O)N1C(=O)[C@H](Cc1ccccc1)C(CC1CCCC1)C(=O)OC(C)(C)C. The summed E-state index contributed by atoms with van der Waals surface area (Å²) in [5.74, 6) is -1.52. The minimum absolute atomic E-state index is 0.0626. The largest absolute Gasteiger partial charge is 0.460 e. The van der Waals surface area contributed by atoms with Crippen molar-refractivity contribution in [1.29, 1.82) is 0 Å². The second-order valence-corrected chi connectivity index (χ2v) is 10.9. The van der Waals surface area contributed by atoms with Gasteiger partial charge in [0.2, 0.25) is 5.91 Å². The van der Waals surface area contributed by atoms with Crippen LogP contribution >= 0.6 is 0 Å². The van der Waals surface area contributed by atoms with Gasteiger partial charge in [-0.25, -0.2) is 9.69 Å². The minimum atomic E-state index is -0.685. The Hall–Kier alpha value is -2.37. The van der Waals surface area contributed by atoms with Gasteiger partial charge in [-0.3, -0.25) is 9.59 Å². The van der Waals surface area contributed by atoms with E-state index >= 15 is 0 Å². The Morgan fingerprint density at radius 2 is 1.73 bits per heavy atom. The van der Waals surface area contributed by atoms with E-state index in [1.165, 1.54) is 4.90 Å². The second-order valence-electron chi connectivity index (χ2n) is 10.9. The van der Waals surface area contributed by atoms with E-state index in [0.717, 1.165) is 31.2 Å². The maximum atomic E-state index is 14.0. The first-order valence-electron chi connectivity index (χ1n) is 12.3. The fourth-order valence-corrected chi connectivity index (χ4v) is 5.04. The molecule has 2 amide bonds. The number of benzene rings is 1. The van der Waals surface area contributed by atoms with Gasteiger partial charge in [-0.1, -0.05) is 69.9 Å². The molecule has 6 nitrogen and oxygen atoms in total. The molecule has 3 atom stereocenters. The van der Waals surface area contributed by atoms with Gasteiger partial charge in [-0.05, 0) is 51.0 Å². The summed E-state index contributed by atoms with van der Waals surface area (Å²) in [5.41, 5.74) is 0.308. The highest BCUT2D eigenvalue weighted by Gasteiger charge is 2.46. The van der Waals surface area contributed by atoms with Crippen LogP contribution in [0, 0.1) is 23.7 Å². The molecule has 1 saturated heterocycles. The molecular weight excluding hydrogens is 418 g/mol. The summed E-state index contributed by atoms with van der Waals surface area (Å²) in [6, 6.07) is 9.38. The standard InChI is InChI=1S/C27H39NO5/c1-18(2)23-17-32-26(31)28(23)24(29)21(15-19-11-7-6-8-12-19)22(16-20-13-9-10-14-20)25(30)33-27(3,4)5/h6-8,11-12,18,20-23H,9-10,13-17H2,1-5H3/t21-,22?,23-/m1/s1. The van der Waals surface area contributed by atoms with Gasteiger partial charge in [-0.15, -0.1) is 0 Å². The molecular formula is C27H39NO5. The van der Waals surface area contributed by atoms with Gasteiger partial charge in [0.05, 0.1) is 17.9 Å². The number of carbonyl (C=O) groups is 3. The third kappa shape index (κ3) is 6.58. The van der Waals surface area contributed by atoms with Crippen LogP contribution in [0.3, 0.4) is 0 Å². The lowest BCUT2D eigenvalue weighted by atomic mass is 9.79. The molecule has 0 radical (unpaired) electrons. The van der Waals surface area contributed by atoms with E-state index in [-0.39, 0.29) is 30.4 Å². The molecule has 6 heteroatoms. The average molecular weight is 458 g/mol. The van der Waals surface area contributed by atoms with Crippen LogP contribution in [-0.2, 0) is 25.5 Å². The van der Waals surface area contributed by atoms with Gasteiger partial charge in [-0.2, -0.15) is 0 Å². The lowest BCUT2D eigenvalue weighted by Crippen LogP contribution is -2.49. The molecule has 0 spiro atoms. The molecule has 1 aromatic rings. The fraction of sp³-hybridized carbons (Fsp3) is 0.667. The lowest BCUT2D eigenvalue weighted by Gasteiger charge is -2.33. The number of nitrogens with zero attached hydrogens (tertiary/aromatic N) is 1. The third-order valence-electron chi connectivity index (χ3n) is 6.79. The van der Waals surface area contributed by atoms with E-state index in [1.807, 2.05) is 65.0 Å². The van der Waals surface area contributed by atoms with Crippen molar-refractivity contribution < 1.29 is 23.9 Å². The first kappa shape index (κ1) is 25.3. The molecule has 2 fully saturated rings. The average Bonchev–Trinajstić information content (AvgIpc) is 3.39. The summed E-state index contributed by atoms with van der Waals surface area (Å²) >= 11 is 0. The Balaban J connectivity index is 1.98. The van der Waals surface area contributed by atoms with E-state index in [2.05, 4.69) is 0 Å². The summed E-state index contributed by atoms with van der Waals surface area (Å²) in [6.07, 6.45) is 4.80. The molecule has 0 N–H and O–H groups in total. The molecule has 0 bridgehead atoms. The van der Waals surface area contributed by atoms with Gasteiger partial charge in [0.15, 0.2) is 0 Å². The molecule has 2 aliphatic rings. The molecule has 1 unspecified atom stereocenters. The summed E-state index contributed by atoms with van der Waals surface area (Å²) in [7, 11) is 0. The molecule has 3 rings (SSSR count). The normalized spacial score (nSPS) is 21.2. The fourth-order valence-electron chi connectivity index (χ4n) is 5.04. The van der Waals surface area contributed by atoms with Crippen LogP contribution in [0.15, 0.2) is 30.3 Å². The van der Waals surface area contributed by atoms with Gasteiger partial charge < -0.3 is 9.47 Å². The molecule has 1 aliphatic heterocycles. The summed E-state index contributed by atoms with van der Waals surface area (Å²) in [4.78, 5) is 41.4. The number of hydrogen-bond donors (Lipinski definition) is 0. The molecule has 0 aromatic heterocycles. The zero-order chi connectivity index (χ0) is 24.2. The van der Waals surface area contributed by atoms with Crippen LogP contribution in [0.5, 0.6) is 0 Å². The van der Waals surface area contributed by atoms with Gasteiger partial charge >= 0.3 is 12.1 Å². The molecule has 182 valence electrons. The third-order valence-corrected chi connectivity index (χ3v) is 6.79.